The van der Waals surface area contributed by atoms with Crippen molar-refractivity contribution in [3.05, 3.63) is 39.9 Å². The van der Waals surface area contributed by atoms with Crippen LogP contribution >= 0.6 is 0 Å². The average Bonchev–Trinajstić information content (AvgIpc) is 3.16. The first kappa shape index (κ1) is 13.5. The highest BCUT2D eigenvalue weighted by Gasteiger charge is 2.23. The largest absolute Gasteiger partial charge is 0.352 e. The van der Waals surface area contributed by atoms with Crippen molar-refractivity contribution >= 4 is 5.91 Å². The molecule has 1 fully saturated rings. The van der Waals surface area contributed by atoms with Crippen molar-refractivity contribution in [2.45, 2.75) is 39.3 Å². The van der Waals surface area contributed by atoms with Crippen LogP contribution < -0.4 is 10.9 Å². The Labute approximate surface area is 121 Å². The van der Waals surface area contributed by atoms with E-state index in [4.69, 9.17) is 0 Å². The first-order chi connectivity index (χ1) is 10.0. The minimum absolute atomic E-state index is 0.0670. The number of rotatable bonds is 4. The van der Waals surface area contributed by atoms with Gasteiger partial charge in [-0.15, -0.1) is 5.10 Å². The van der Waals surface area contributed by atoms with Crippen molar-refractivity contribution in [2.24, 2.45) is 0 Å². The summed E-state index contributed by atoms with van der Waals surface area (Å²) in [6, 6.07) is 5.21. The third-order valence-corrected chi connectivity index (χ3v) is 3.31. The molecule has 7 nitrogen and oxygen atoms in total. The van der Waals surface area contributed by atoms with Gasteiger partial charge in [0.25, 0.3) is 5.56 Å². The summed E-state index contributed by atoms with van der Waals surface area (Å²) < 4.78 is 2.83. The van der Waals surface area contributed by atoms with Crippen molar-refractivity contribution in [2.75, 3.05) is 0 Å². The molecule has 110 valence electrons. The monoisotopic (exact) mass is 287 g/mol. The SMILES string of the molecule is Cc1cc(C)n(-c2ccc(=O)n(CC(=O)NC3CC3)n2)n1. The van der Waals surface area contributed by atoms with E-state index in [-0.39, 0.29) is 24.1 Å². The molecule has 1 amide bonds. The summed E-state index contributed by atoms with van der Waals surface area (Å²) in [7, 11) is 0. The Kier molecular flexibility index (Phi) is 3.32. The van der Waals surface area contributed by atoms with Crippen LogP contribution in [0.1, 0.15) is 24.2 Å². The first-order valence-electron chi connectivity index (χ1n) is 6.94. The van der Waals surface area contributed by atoms with Crippen LogP contribution in [0.3, 0.4) is 0 Å². The summed E-state index contributed by atoms with van der Waals surface area (Å²) in [5.74, 6) is 0.344. The third kappa shape index (κ3) is 3.01. The topological polar surface area (TPSA) is 81.8 Å². The van der Waals surface area contributed by atoms with E-state index in [0.717, 1.165) is 24.2 Å². The van der Waals surface area contributed by atoms with Gasteiger partial charge >= 0.3 is 0 Å². The van der Waals surface area contributed by atoms with Crippen LogP contribution in [-0.2, 0) is 11.3 Å². The van der Waals surface area contributed by atoms with E-state index in [1.807, 2.05) is 19.9 Å². The number of aryl methyl sites for hydroxylation is 2. The van der Waals surface area contributed by atoms with Gasteiger partial charge in [0.2, 0.25) is 5.91 Å². The van der Waals surface area contributed by atoms with Crippen LogP contribution in [0, 0.1) is 13.8 Å². The Balaban J connectivity index is 1.86. The van der Waals surface area contributed by atoms with Crippen molar-refractivity contribution in [3.8, 4) is 5.82 Å². The molecule has 0 unspecified atom stereocenters. The minimum atomic E-state index is -0.300. The summed E-state index contributed by atoms with van der Waals surface area (Å²) in [6.45, 7) is 3.74. The number of hydrogen-bond acceptors (Lipinski definition) is 4. The van der Waals surface area contributed by atoms with E-state index >= 15 is 0 Å². The first-order valence-corrected chi connectivity index (χ1v) is 6.94. The molecule has 0 saturated heterocycles. The van der Waals surface area contributed by atoms with E-state index < -0.39 is 0 Å². The average molecular weight is 287 g/mol. The van der Waals surface area contributed by atoms with Gasteiger partial charge in [-0.3, -0.25) is 9.59 Å². The highest BCUT2D eigenvalue weighted by atomic mass is 16.2. The molecule has 0 aromatic carbocycles. The molecule has 0 radical (unpaired) electrons. The quantitative estimate of drug-likeness (QED) is 0.878. The van der Waals surface area contributed by atoms with Crippen LogP contribution in [-0.4, -0.2) is 31.5 Å². The number of carbonyl (C=O) groups is 1. The van der Waals surface area contributed by atoms with Gasteiger partial charge in [0, 0.05) is 17.8 Å². The molecule has 1 saturated carbocycles. The normalized spacial score (nSPS) is 14.2. The molecule has 7 heteroatoms. The second kappa shape index (κ2) is 5.16. The lowest BCUT2D eigenvalue weighted by Crippen LogP contribution is -2.34. The Bertz CT molecular complexity index is 742. The van der Waals surface area contributed by atoms with Crippen molar-refractivity contribution < 1.29 is 4.79 Å². The standard InChI is InChI=1S/C14H17N5O2/c1-9-7-10(2)19(16-9)12-5-6-14(21)18(17-12)8-13(20)15-11-3-4-11/h5-7,11H,3-4,8H2,1-2H3,(H,15,20). The maximum absolute atomic E-state index is 11.8. The maximum atomic E-state index is 11.8. The molecule has 0 bridgehead atoms. The lowest BCUT2D eigenvalue weighted by atomic mass is 10.4. The summed E-state index contributed by atoms with van der Waals surface area (Å²) in [6.07, 6.45) is 2.03. The highest BCUT2D eigenvalue weighted by molar-refractivity contribution is 5.76. The van der Waals surface area contributed by atoms with Gasteiger partial charge in [-0.1, -0.05) is 0 Å². The number of amides is 1. The molecule has 1 aliphatic rings. The minimum Gasteiger partial charge on any atom is -0.352 e. The fraction of sp³-hybridized carbons (Fsp3) is 0.429. The molecule has 0 aliphatic heterocycles. The van der Waals surface area contributed by atoms with Crippen molar-refractivity contribution in [3.63, 3.8) is 0 Å². The number of aromatic nitrogens is 4. The molecule has 1 N–H and O–H groups in total. The zero-order valence-corrected chi connectivity index (χ0v) is 12.0. The van der Waals surface area contributed by atoms with Crippen molar-refractivity contribution in [1.29, 1.82) is 0 Å². The Hall–Kier alpha value is -2.44. The molecule has 0 spiro atoms. The zero-order valence-electron chi connectivity index (χ0n) is 12.0. The van der Waals surface area contributed by atoms with E-state index in [9.17, 15) is 9.59 Å². The van der Waals surface area contributed by atoms with Gasteiger partial charge in [0.15, 0.2) is 5.82 Å². The Morgan fingerprint density at radius 2 is 2.10 bits per heavy atom. The smallest absolute Gasteiger partial charge is 0.267 e. The Morgan fingerprint density at radius 3 is 2.71 bits per heavy atom. The molecular formula is C14H17N5O2. The van der Waals surface area contributed by atoms with E-state index in [1.165, 1.54) is 10.7 Å². The predicted molar refractivity (Wildman–Crippen MR) is 76.3 cm³/mol. The van der Waals surface area contributed by atoms with Gasteiger partial charge in [0.05, 0.1) is 5.69 Å². The van der Waals surface area contributed by atoms with Crippen LogP contribution in [0.2, 0.25) is 0 Å². The molecule has 2 aromatic heterocycles. The van der Waals surface area contributed by atoms with Crippen LogP contribution in [0.5, 0.6) is 0 Å². The molecule has 2 aromatic rings. The van der Waals surface area contributed by atoms with Crippen LogP contribution in [0.4, 0.5) is 0 Å². The van der Waals surface area contributed by atoms with Gasteiger partial charge < -0.3 is 5.32 Å². The molecule has 0 atom stereocenters. The predicted octanol–water partition coefficient (Wildman–Crippen LogP) is 0.324. The second-order valence-electron chi connectivity index (χ2n) is 5.37. The summed E-state index contributed by atoms with van der Waals surface area (Å²) in [5, 5.41) is 11.4. The second-order valence-corrected chi connectivity index (χ2v) is 5.37. The van der Waals surface area contributed by atoms with Crippen LogP contribution in [0.15, 0.2) is 23.0 Å². The fourth-order valence-electron chi connectivity index (χ4n) is 2.16. The van der Waals surface area contributed by atoms with Gasteiger partial charge in [-0.25, -0.2) is 9.36 Å². The van der Waals surface area contributed by atoms with E-state index in [2.05, 4.69) is 15.5 Å². The van der Waals surface area contributed by atoms with Gasteiger partial charge in [-0.2, -0.15) is 5.10 Å². The molecule has 2 heterocycles. The Morgan fingerprint density at radius 1 is 1.33 bits per heavy atom. The number of carbonyl (C=O) groups excluding carboxylic acids is 1. The lowest BCUT2D eigenvalue weighted by molar-refractivity contribution is -0.122. The maximum Gasteiger partial charge on any atom is 0.267 e. The number of hydrogen-bond donors (Lipinski definition) is 1. The molecule has 3 rings (SSSR count). The summed E-state index contributed by atoms with van der Waals surface area (Å²) in [4.78, 5) is 23.6. The fourth-order valence-corrected chi connectivity index (χ4v) is 2.16. The van der Waals surface area contributed by atoms with Gasteiger partial charge in [-0.05, 0) is 38.8 Å². The van der Waals surface area contributed by atoms with Crippen LogP contribution in [0.25, 0.3) is 5.82 Å². The zero-order chi connectivity index (χ0) is 15.0. The van der Waals surface area contributed by atoms with Crippen molar-refractivity contribution in [1.82, 2.24) is 24.9 Å². The molecule has 21 heavy (non-hydrogen) atoms. The molecule has 1 aliphatic carbocycles. The third-order valence-electron chi connectivity index (χ3n) is 3.31. The summed E-state index contributed by atoms with van der Waals surface area (Å²) in [5.41, 5.74) is 1.50. The van der Waals surface area contributed by atoms with Gasteiger partial charge in [0.1, 0.15) is 6.54 Å². The number of nitrogens with one attached hydrogen (secondary N) is 1. The number of nitrogens with zero attached hydrogens (tertiary/aromatic N) is 4. The van der Waals surface area contributed by atoms with E-state index in [0.29, 0.717) is 5.82 Å². The highest BCUT2D eigenvalue weighted by Crippen LogP contribution is 2.18. The molecular weight excluding hydrogens is 270 g/mol. The lowest BCUT2D eigenvalue weighted by Gasteiger charge is -2.08. The summed E-state index contributed by atoms with van der Waals surface area (Å²) >= 11 is 0. The van der Waals surface area contributed by atoms with E-state index in [1.54, 1.807) is 10.7 Å².